The Kier molecular flexibility index (Phi) is 3.02. The molecule has 0 amide bonds. The smallest absolute Gasteiger partial charge is 0.246 e. The molecule has 0 fully saturated rings. The number of methoxy groups -OCH3 is 1. The van der Waals surface area contributed by atoms with Gasteiger partial charge in [-0.1, -0.05) is 23.4 Å². The fourth-order valence-corrected chi connectivity index (χ4v) is 1.83. The van der Waals surface area contributed by atoms with Gasteiger partial charge in [0.2, 0.25) is 11.7 Å². The second kappa shape index (κ2) is 4.83. The van der Waals surface area contributed by atoms with Crippen molar-refractivity contribution >= 4 is 11.0 Å². The van der Waals surface area contributed by atoms with E-state index >= 15 is 0 Å². The third kappa shape index (κ3) is 2.23. The Morgan fingerprint density at radius 3 is 3.00 bits per heavy atom. The minimum Gasteiger partial charge on any atom is -0.453 e. The summed E-state index contributed by atoms with van der Waals surface area (Å²) in [6.07, 6.45) is 0. The predicted octanol–water partition coefficient (Wildman–Crippen LogP) is 2.13. The number of aromatic nitrogens is 2. The van der Waals surface area contributed by atoms with E-state index in [2.05, 4.69) is 10.1 Å². The molecular formula is C13H13N3O3. The Labute approximate surface area is 109 Å². The van der Waals surface area contributed by atoms with Gasteiger partial charge in [-0.2, -0.15) is 4.98 Å². The third-order valence-electron chi connectivity index (χ3n) is 2.75. The molecule has 1 unspecified atom stereocenters. The van der Waals surface area contributed by atoms with Gasteiger partial charge in [0.25, 0.3) is 0 Å². The number of rotatable bonds is 4. The first-order valence-electron chi connectivity index (χ1n) is 5.85. The Morgan fingerprint density at radius 2 is 2.21 bits per heavy atom. The highest BCUT2D eigenvalue weighted by Crippen LogP contribution is 2.26. The van der Waals surface area contributed by atoms with Crippen molar-refractivity contribution in [1.82, 2.24) is 10.1 Å². The Bertz CT molecular complexity index is 656. The summed E-state index contributed by atoms with van der Waals surface area (Å²) in [6, 6.07) is 9.13. The molecule has 0 saturated carbocycles. The number of fused-ring (bicyclic) bond motifs is 1. The molecule has 2 N–H and O–H groups in total. The fraction of sp³-hybridized carbons (Fsp3) is 0.231. The van der Waals surface area contributed by atoms with Crippen molar-refractivity contribution in [2.45, 2.75) is 6.04 Å². The van der Waals surface area contributed by atoms with Gasteiger partial charge >= 0.3 is 0 Å². The van der Waals surface area contributed by atoms with Crippen molar-refractivity contribution in [3.8, 4) is 11.6 Å². The molecule has 3 rings (SSSR count). The van der Waals surface area contributed by atoms with E-state index in [-0.39, 0.29) is 0 Å². The molecule has 98 valence electrons. The van der Waals surface area contributed by atoms with E-state index < -0.39 is 6.04 Å². The topological polar surface area (TPSA) is 87.3 Å². The number of ether oxygens (including phenoxy) is 1. The zero-order chi connectivity index (χ0) is 13.2. The minimum absolute atomic E-state index is 0.321. The van der Waals surface area contributed by atoms with Crippen LogP contribution in [0.25, 0.3) is 22.6 Å². The molecule has 0 spiro atoms. The van der Waals surface area contributed by atoms with Crippen molar-refractivity contribution < 1.29 is 13.7 Å². The molecule has 19 heavy (non-hydrogen) atoms. The quantitative estimate of drug-likeness (QED) is 0.772. The van der Waals surface area contributed by atoms with Gasteiger partial charge in [0.15, 0.2) is 5.76 Å². The van der Waals surface area contributed by atoms with Crippen LogP contribution >= 0.6 is 0 Å². The normalized spacial score (nSPS) is 12.9. The van der Waals surface area contributed by atoms with Gasteiger partial charge in [-0.15, -0.1) is 0 Å². The van der Waals surface area contributed by atoms with Crippen LogP contribution in [0.5, 0.6) is 0 Å². The lowest BCUT2D eigenvalue weighted by atomic mass is 10.2. The average molecular weight is 259 g/mol. The highest BCUT2D eigenvalue weighted by Gasteiger charge is 2.17. The van der Waals surface area contributed by atoms with Gasteiger partial charge in [0.05, 0.1) is 6.61 Å². The van der Waals surface area contributed by atoms with Crippen LogP contribution in [0.1, 0.15) is 11.9 Å². The number of hydrogen-bond acceptors (Lipinski definition) is 6. The van der Waals surface area contributed by atoms with Gasteiger partial charge in [-0.3, -0.25) is 0 Å². The molecule has 1 atom stereocenters. The number of nitrogens with zero attached hydrogens (tertiary/aromatic N) is 2. The van der Waals surface area contributed by atoms with Crippen LogP contribution in [0, 0.1) is 0 Å². The molecule has 3 aromatic rings. The highest BCUT2D eigenvalue weighted by molar-refractivity contribution is 5.81. The van der Waals surface area contributed by atoms with Gasteiger partial charge in [-0.05, 0) is 12.1 Å². The van der Waals surface area contributed by atoms with E-state index in [0.29, 0.717) is 24.1 Å². The average Bonchev–Trinajstić information content (AvgIpc) is 3.05. The van der Waals surface area contributed by atoms with E-state index in [4.69, 9.17) is 19.4 Å². The number of hydrogen-bond donors (Lipinski definition) is 1. The highest BCUT2D eigenvalue weighted by atomic mass is 16.5. The zero-order valence-electron chi connectivity index (χ0n) is 10.4. The first-order chi connectivity index (χ1) is 9.28. The first-order valence-corrected chi connectivity index (χ1v) is 5.85. The lowest BCUT2D eigenvalue weighted by Gasteiger charge is -2.02. The molecule has 6 heteroatoms. The van der Waals surface area contributed by atoms with Gasteiger partial charge in [-0.25, -0.2) is 0 Å². The Morgan fingerprint density at radius 1 is 1.37 bits per heavy atom. The predicted molar refractivity (Wildman–Crippen MR) is 68.3 cm³/mol. The first kappa shape index (κ1) is 11.9. The van der Waals surface area contributed by atoms with Crippen LogP contribution in [0.2, 0.25) is 0 Å². The molecule has 0 aliphatic heterocycles. The number of para-hydroxylation sites is 1. The molecule has 0 saturated heterocycles. The van der Waals surface area contributed by atoms with Crippen LogP contribution in [0.3, 0.4) is 0 Å². The van der Waals surface area contributed by atoms with Crippen LogP contribution in [0.15, 0.2) is 39.3 Å². The summed E-state index contributed by atoms with van der Waals surface area (Å²) < 4.78 is 15.7. The summed E-state index contributed by atoms with van der Waals surface area (Å²) in [5, 5.41) is 4.86. The summed E-state index contributed by atoms with van der Waals surface area (Å²) in [5.74, 6) is 1.27. The van der Waals surface area contributed by atoms with Crippen LogP contribution < -0.4 is 5.73 Å². The summed E-state index contributed by atoms with van der Waals surface area (Å²) in [6.45, 7) is 0.321. The molecule has 0 aliphatic carbocycles. The van der Waals surface area contributed by atoms with E-state index in [1.807, 2.05) is 30.3 Å². The van der Waals surface area contributed by atoms with Crippen molar-refractivity contribution in [3.63, 3.8) is 0 Å². The van der Waals surface area contributed by atoms with Crippen molar-refractivity contribution in [1.29, 1.82) is 0 Å². The Hall–Kier alpha value is -2.18. The molecule has 0 bridgehead atoms. The number of nitrogens with two attached hydrogens (primary N) is 1. The van der Waals surface area contributed by atoms with Crippen molar-refractivity contribution in [3.05, 3.63) is 36.2 Å². The third-order valence-corrected chi connectivity index (χ3v) is 2.75. The summed E-state index contributed by atoms with van der Waals surface area (Å²) >= 11 is 0. The Balaban J connectivity index is 1.93. The molecule has 0 aliphatic rings. The maximum atomic E-state index is 5.82. The van der Waals surface area contributed by atoms with Gasteiger partial charge < -0.3 is 19.4 Å². The number of benzene rings is 1. The second-order valence-electron chi connectivity index (χ2n) is 4.17. The van der Waals surface area contributed by atoms with E-state index in [0.717, 1.165) is 11.0 Å². The number of furan rings is 1. The molecule has 2 heterocycles. The monoisotopic (exact) mass is 259 g/mol. The van der Waals surface area contributed by atoms with E-state index in [1.165, 1.54) is 0 Å². The molecule has 0 radical (unpaired) electrons. The van der Waals surface area contributed by atoms with Crippen LogP contribution in [0.4, 0.5) is 0 Å². The molecule has 2 aromatic heterocycles. The minimum atomic E-state index is -0.435. The summed E-state index contributed by atoms with van der Waals surface area (Å²) in [5.41, 5.74) is 6.60. The van der Waals surface area contributed by atoms with Gasteiger partial charge in [0, 0.05) is 12.5 Å². The van der Waals surface area contributed by atoms with Crippen LogP contribution in [-0.4, -0.2) is 23.9 Å². The maximum absolute atomic E-state index is 5.82. The SMILES string of the molecule is COCC(N)c1nc(-c2cc3ccccc3o2)no1. The molecular weight excluding hydrogens is 246 g/mol. The van der Waals surface area contributed by atoms with Gasteiger partial charge in [0.1, 0.15) is 11.6 Å². The molecule has 6 nitrogen and oxygen atoms in total. The second-order valence-corrected chi connectivity index (χ2v) is 4.17. The van der Waals surface area contributed by atoms with E-state index in [1.54, 1.807) is 7.11 Å². The summed E-state index contributed by atoms with van der Waals surface area (Å²) in [7, 11) is 1.57. The van der Waals surface area contributed by atoms with Crippen molar-refractivity contribution in [2.75, 3.05) is 13.7 Å². The van der Waals surface area contributed by atoms with E-state index in [9.17, 15) is 0 Å². The maximum Gasteiger partial charge on any atom is 0.246 e. The van der Waals surface area contributed by atoms with Crippen LogP contribution in [-0.2, 0) is 4.74 Å². The standard InChI is InChI=1S/C13H13N3O3/c1-17-7-9(14)13-15-12(16-19-13)11-6-8-4-2-3-5-10(8)18-11/h2-6,9H,7,14H2,1H3. The lowest BCUT2D eigenvalue weighted by Crippen LogP contribution is -2.16. The lowest BCUT2D eigenvalue weighted by molar-refractivity contribution is 0.166. The van der Waals surface area contributed by atoms with Crippen molar-refractivity contribution in [2.24, 2.45) is 5.73 Å². The molecule has 1 aromatic carbocycles. The summed E-state index contributed by atoms with van der Waals surface area (Å²) in [4.78, 5) is 4.22. The zero-order valence-corrected chi connectivity index (χ0v) is 10.4. The fourth-order valence-electron chi connectivity index (χ4n) is 1.83. The largest absolute Gasteiger partial charge is 0.453 e.